The highest BCUT2D eigenvalue weighted by Crippen LogP contribution is 2.38. The number of methoxy groups -OCH3 is 1. The van der Waals surface area contributed by atoms with Gasteiger partial charge in [0.2, 0.25) is 0 Å². The molecule has 5 heteroatoms. The molecule has 1 N–H and O–H groups in total. The van der Waals surface area contributed by atoms with Gasteiger partial charge in [-0.25, -0.2) is 0 Å². The number of ketones is 1. The van der Waals surface area contributed by atoms with Crippen LogP contribution >= 0.6 is 0 Å². The number of nitrogens with one attached hydrogen (secondary N) is 1. The second-order valence-electron chi connectivity index (χ2n) is 5.64. The highest BCUT2D eigenvalue weighted by Gasteiger charge is 2.23. The number of carbonyl (C=O) groups excluding carboxylic acids is 1. The lowest BCUT2D eigenvalue weighted by Crippen LogP contribution is -2.16. The number of hydrogen-bond donors (Lipinski definition) is 1. The van der Waals surface area contributed by atoms with Crippen molar-refractivity contribution < 1.29 is 9.53 Å². The molecule has 0 aliphatic heterocycles. The lowest BCUT2D eigenvalue weighted by Gasteiger charge is -2.25. The fraction of sp³-hybridized carbons (Fsp3) is 0.467. The molecule has 1 aromatic carbocycles. The lowest BCUT2D eigenvalue weighted by atomic mass is 9.83. The first-order valence-electron chi connectivity index (χ1n) is 6.71. The summed E-state index contributed by atoms with van der Waals surface area (Å²) in [6, 6.07) is 5.69. The molecule has 0 bridgehead atoms. The summed E-state index contributed by atoms with van der Waals surface area (Å²) in [4.78, 5) is 12.0. The zero-order valence-electron chi connectivity index (χ0n) is 12.8. The van der Waals surface area contributed by atoms with Gasteiger partial charge in [0.1, 0.15) is 20.1 Å². The number of benzene rings is 1. The van der Waals surface area contributed by atoms with Gasteiger partial charge in [-0.15, -0.1) is 0 Å². The predicted octanol–water partition coefficient (Wildman–Crippen LogP) is 2.16. The maximum Gasteiger partial charge on any atom is 0.155 e. The monoisotopic (exact) mass is 272 g/mol. The first-order chi connectivity index (χ1) is 9.35. The number of nitrogens with zero attached hydrogens (tertiary/aromatic N) is 1. The van der Waals surface area contributed by atoms with Crippen LogP contribution < -0.4 is 10.1 Å². The Hall–Kier alpha value is -1.96. The van der Waals surface area contributed by atoms with Crippen LogP contribution in [-0.4, -0.2) is 27.3 Å². The van der Waals surface area contributed by atoms with E-state index in [4.69, 9.17) is 10.00 Å². The van der Waals surface area contributed by atoms with Crippen molar-refractivity contribution in [2.45, 2.75) is 32.5 Å². The van der Waals surface area contributed by atoms with Crippen LogP contribution in [0.4, 0.5) is 5.69 Å². The zero-order chi connectivity index (χ0) is 15.3. The average Bonchev–Trinajstić information content (AvgIpc) is 2.41. The summed E-state index contributed by atoms with van der Waals surface area (Å²) in [5, 5.41) is 11.7. The van der Waals surface area contributed by atoms with E-state index in [2.05, 4.69) is 26.1 Å². The molecule has 0 aliphatic carbocycles. The minimum Gasteiger partial charge on any atom is -0.494 e. The number of nitriles is 1. The molecule has 106 valence electrons. The van der Waals surface area contributed by atoms with Crippen molar-refractivity contribution >= 4 is 19.3 Å². The van der Waals surface area contributed by atoms with Gasteiger partial charge in [-0.05, 0) is 23.9 Å². The quantitative estimate of drug-likeness (QED) is 0.507. The lowest BCUT2D eigenvalue weighted by molar-refractivity contribution is 0.101. The minimum absolute atomic E-state index is 0.0816. The minimum atomic E-state index is -0.154. The van der Waals surface area contributed by atoms with Crippen molar-refractivity contribution in [2.24, 2.45) is 0 Å². The molecule has 0 amide bonds. The maximum atomic E-state index is 12.0. The zero-order valence-corrected chi connectivity index (χ0v) is 12.8. The fourth-order valence-electron chi connectivity index (χ4n) is 2.04. The van der Waals surface area contributed by atoms with Gasteiger partial charge in [-0.2, -0.15) is 5.26 Å². The molecule has 0 spiro atoms. The molecule has 0 atom stereocenters. The van der Waals surface area contributed by atoms with Crippen molar-refractivity contribution in [3.05, 3.63) is 23.3 Å². The Morgan fingerprint density at radius 1 is 1.45 bits per heavy atom. The summed E-state index contributed by atoms with van der Waals surface area (Å²) >= 11 is 0. The predicted molar refractivity (Wildman–Crippen MR) is 83.5 cm³/mol. The summed E-state index contributed by atoms with van der Waals surface area (Å²) < 4.78 is 5.49. The van der Waals surface area contributed by atoms with Crippen molar-refractivity contribution in [3.8, 4) is 11.8 Å². The molecule has 0 aliphatic rings. The molecule has 20 heavy (non-hydrogen) atoms. The topological polar surface area (TPSA) is 62.1 Å². The van der Waals surface area contributed by atoms with E-state index in [0.717, 1.165) is 5.56 Å². The van der Waals surface area contributed by atoms with E-state index in [1.165, 1.54) is 0 Å². The van der Waals surface area contributed by atoms with E-state index >= 15 is 0 Å². The highest BCUT2D eigenvalue weighted by molar-refractivity contribution is 6.24. The Morgan fingerprint density at radius 3 is 2.55 bits per heavy atom. The van der Waals surface area contributed by atoms with Crippen LogP contribution in [0.25, 0.3) is 0 Å². The van der Waals surface area contributed by atoms with E-state index in [9.17, 15) is 4.79 Å². The number of anilines is 1. The van der Waals surface area contributed by atoms with Crippen molar-refractivity contribution in [1.29, 1.82) is 5.26 Å². The summed E-state index contributed by atoms with van der Waals surface area (Å²) in [5.41, 5.74) is 2.15. The van der Waals surface area contributed by atoms with Crippen LogP contribution in [-0.2, 0) is 5.41 Å². The number of hydrogen-bond acceptors (Lipinski definition) is 4. The smallest absolute Gasteiger partial charge is 0.155 e. The van der Waals surface area contributed by atoms with Gasteiger partial charge >= 0.3 is 0 Å². The Bertz CT molecular complexity index is 542. The summed E-state index contributed by atoms with van der Waals surface area (Å²) in [6.45, 7) is 6.38. The molecular formula is C15H21BN2O2. The summed E-state index contributed by atoms with van der Waals surface area (Å²) in [6.07, 6.45) is 0.452. The molecule has 0 saturated heterocycles. The normalized spacial score (nSPS) is 10.8. The molecule has 0 heterocycles. The van der Waals surface area contributed by atoms with Gasteiger partial charge < -0.3 is 10.1 Å². The first kappa shape index (κ1) is 16.1. The standard InChI is InChI=1S/C15H21BN2O2/c1-15(2,3)11-7-10(13(19)9-16)8-12(14(11)20-4)18-6-5-17/h7-8,18H,6,9,16H2,1-4H3. The number of rotatable bonds is 5. The first-order valence-corrected chi connectivity index (χ1v) is 6.71. The molecular weight excluding hydrogens is 251 g/mol. The van der Waals surface area contributed by atoms with E-state index in [0.29, 0.717) is 23.3 Å². The van der Waals surface area contributed by atoms with Crippen LogP contribution in [0.3, 0.4) is 0 Å². The van der Waals surface area contributed by atoms with E-state index in [1.54, 1.807) is 13.2 Å². The molecule has 0 unspecified atom stereocenters. The maximum absolute atomic E-state index is 12.0. The van der Waals surface area contributed by atoms with Crippen molar-refractivity contribution in [3.63, 3.8) is 0 Å². The number of Topliss-reactive ketones (excluding diaryl/α,β-unsaturated/α-hetero) is 1. The number of ether oxygens (including phenoxy) is 1. The van der Waals surface area contributed by atoms with E-state index < -0.39 is 0 Å². The van der Waals surface area contributed by atoms with Crippen molar-refractivity contribution in [2.75, 3.05) is 19.0 Å². The Balaban J connectivity index is 3.48. The highest BCUT2D eigenvalue weighted by atomic mass is 16.5. The molecule has 0 aromatic heterocycles. The third-order valence-corrected chi connectivity index (χ3v) is 3.10. The van der Waals surface area contributed by atoms with Gasteiger partial charge in [0.05, 0.1) is 18.9 Å². The van der Waals surface area contributed by atoms with Crippen LogP contribution in [0, 0.1) is 11.3 Å². The van der Waals surface area contributed by atoms with Crippen molar-refractivity contribution in [1.82, 2.24) is 0 Å². The van der Waals surface area contributed by atoms with Gasteiger partial charge in [0.25, 0.3) is 0 Å². The Kier molecular flexibility index (Phi) is 5.21. The second kappa shape index (κ2) is 6.47. The van der Waals surface area contributed by atoms with E-state index in [1.807, 2.05) is 20.0 Å². The average molecular weight is 272 g/mol. The van der Waals surface area contributed by atoms with Crippen LogP contribution in [0.2, 0.25) is 6.32 Å². The summed E-state index contributed by atoms with van der Waals surface area (Å²) in [5.74, 6) is 0.776. The van der Waals surface area contributed by atoms with E-state index in [-0.39, 0.29) is 17.7 Å². The molecule has 4 nitrogen and oxygen atoms in total. The third kappa shape index (κ3) is 3.54. The fourth-order valence-corrected chi connectivity index (χ4v) is 2.04. The van der Waals surface area contributed by atoms with Gasteiger partial charge in [-0.3, -0.25) is 4.79 Å². The largest absolute Gasteiger partial charge is 0.494 e. The van der Waals surface area contributed by atoms with Gasteiger partial charge in [0, 0.05) is 11.1 Å². The molecule has 0 fully saturated rings. The Morgan fingerprint density at radius 2 is 2.10 bits per heavy atom. The third-order valence-electron chi connectivity index (χ3n) is 3.10. The van der Waals surface area contributed by atoms with Gasteiger partial charge in [-0.1, -0.05) is 20.8 Å². The second-order valence-corrected chi connectivity index (χ2v) is 5.64. The van der Waals surface area contributed by atoms with Gasteiger partial charge in [0.15, 0.2) is 5.78 Å². The molecule has 0 saturated carbocycles. The molecule has 1 rings (SSSR count). The van der Waals surface area contributed by atoms with Crippen LogP contribution in [0.1, 0.15) is 36.7 Å². The number of carbonyl (C=O) groups is 1. The summed E-state index contributed by atoms with van der Waals surface area (Å²) in [7, 11) is 3.44. The molecule has 0 radical (unpaired) electrons. The van der Waals surface area contributed by atoms with Crippen LogP contribution in [0.15, 0.2) is 12.1 Å². The molecule has 1 aromatic rings. The Labute approximate surface area is 121 Å². The SMILES string of the molecule is BCC(=O)c1cc(NCC#N)c(OC)c(C(C)(C)C)c1. The van der Waals surface area contributed by atoms with Crippen LogP contribution in [0.5, 0.6) is 5.75 Å².